The molecule has 0 aliphatic heterocycles. The van der Waals surface area contributed by atoms with E-state index in [-0.39, 0.29) is 46.9 Å². The number of carbonyl (C=O) groups is 2. The van der Waals surface area contributed by atoms with Crippen molar-refractivity contribution in [3.63, 3.8) is 0 Å². The summed E-state index contributed by atoms with van der Waals surface area (Å²) in [6.45, 7) is 5.92. The maximum atomic E-state index is 12.6. The van der Waals surface area contributed by atoms with E-state index in [9.17, 15) is 27.4 Å². The Kier molecular flexibility index (Phi) is 14.5. The zero-order valence-corrected chi connectivity index (χ0v) is 26.4. The van der Waals surface area contributed by atoms with Crippen LogP contribution < -0.4 is 16.6 Å². The first kappa shape index (κ1) is 37.1. The summed E-state index contributed by atoms with van der Waals surface area (Å²) in [5.41, 5.74) is 9.19. The van der Waals surface area contributed by atoms with E-state index in [0.29, 0.717) is 42.5 Å². The topological polar surface area (TPSA) is 234 Å². The minimum absolute atomic E-state index is 0.0796. The molecule has 14 nitrogen and oxygen atoms in total. The Morgan fingerprint density at radius 2 is 1.70 bits per heavy atom. The van der Waals surface area contributed by atoms with Gasteiger partial charge in [-0.05, 0) is 74.9 Å². The first-order valence-electron chi connectivity index (χ1n) is 14.3. The van der Waals surface area contributed by atoms with Crippen LogP contribution in [0.25, 0.3) is 11.0 Å². The monoisotopic (exact) mass is 654 g/mol. The van der Waals surface area contributed by atoms with Gasteiger partial charge in [0.15, 0.2) is 0 Å². The smallest absolute Gasteiger partial charge is 0.373 e. The lowest BCUT2D eigenvalue weighted by atomic mass is 10.0. The standard InChI is InChI=1S/C23H29N5O4.C7H8O3S.CO2/c1-3-17(11-12-18(29)32-4-2)26-21(30)15-8-5-14(6-9-15)7-10-16-13-25-20-19(16)22(31)28-23(24)27-20;1-6-2-4-7(5-3-6)11(8,9)10;2-1-3/h5-6,8-9,13,17H,3-4,7,10-12H2,1-2H3,(H,26,30)(H4,24,25,27,28,31);2-5H,1H3,(H,8,9,10);/p-1/t17-;;/m1../s1. The number of nitrogen functional groups attached to an aromatic ring is 1. The summed E-state index contributed by atoms with van der Waals surface area (Å²) in [7, 11) is -4.27. The van der Waals surface area contributed by atoms with Crippen molar-refractivity contribution in [3.05, 3.63) is 87.3 Å². The SMILES string of the molecule is CCOC(=O)CC[C@@H](CC)NC(=O)c1ccc(CCc2c[nH]c3nc(N)[nH]c(=O)c23)cc1.Cc1ccc(S(=O)(=O)[O-])cc1.O=C=O. The van der Waals surface area contributed by atoms with Crippen LogP contribution in [0.1, 0.15) is 60.2 Å². The second-order valence-corrected chi connectivity index (χ2v) is 11.3. The minimum Gasteiger partial charge on any atom is -0.744 e. The van der Waals surface area contributed by atoms with Gasteiger partial charge in [-0.25, -0.2) is 8.42 Å². The molecule has 0 radical (unpaired) electrons. The Bertz CT molecular complexity index is 1790. The average Bonchev–Trinajstić information content (AvgIpc) is 3.42. The second kappa shape index (κ2) is 18.0. The van der Waals surface area contributed by atoms with Crippen LogP contribution in [0.3, 0.4) is 0 Å². The molecule has 0 spiro atoms. The predicted octanol–water partition coefficient (Wildman–Crippen LogP) is 2.79. The molecule has 0 bridgehead atoms. The number of esters is 1. The second-order valence-electron chi connectivity index (χ2n) is 9.96. The number of ether oxygens (including phenoxy) is 1. The Labute approximate surface area is 265 Å². The number of anilines is 1. The highest BCUT2D eigenvalue weighted by Gasteiger charge is 2.15. The number of carbonyl (C=O) groups excluding carboxylic acids is 4. The molecular weight excluding hydrogens is 618 g/mol. The third-order valence-electron chi connectivity index (χ3n) is 6.68. The molecule has 15 heteroatoms. The van der Waals surface area contributed by atoms with E-state index < -0.39 is 10.1 Å². The first-order valence-corrected chi connectivity index (χ1v) is 15.7. The Balaban J connectivity index is 0.000000437. The van der Waals surface area contributed by atoms with Crippen molar-refractivity contribution in [2.75, 3.05) is 12.3 Å². The van der Waals surface area contributed by atoms with Crippen molar-refractivity contribution in [1.82, 2.24) is 20.3 Å². The fourth-order valence-electron chi connectivity index (χ4n) is 4.30. The fraction of sp³-hybridized carbons (Fsp3) is 0.323. The zero-order valence-electron chi connectivity index (χ0n) is 25.6. The zero-order chi connectivity index (χ0) is 34.3. The van der Waals surface area contributed by atoms with Crippen LogP contribution in [-0.4, -0.2) is 58.6 Å². The Morgan fingerprint density at radius 3 is 2.26 bits per heavy atom. The highest BCUT2D eigenvalue weighted by atomic mass is 32.2. The molecule has 0 saturated carbocycles. The van der Waals surface area contributed by atoms with Gasteiger partial charge >= 0.3 is 12.1 Å². The molecule has 0 aliphatic rings. The number of hydrogen-bond donors (Lipinski definition) is 4. The van der Waals surface area contributed by atoms with Gasteiger partial charge in [0.1, 0.15) is 15.8 Å². The van der Waals surface area contributed by atoms with Gasteiger partial charge in [-0.1, -0.05) is 36.8 Å². The number of hydrogen-bond acceptors (Lipinski definition) is 11. The number of nitrogens with two attached hydrogens (primary N) is 1. The molecule has 46 heavy (non-hydrogen) atoms. The van der Waals surface area contributed by atoms with Crippen LogP contribution in [-0.2, 0) is 42.1 Å². The van der Waals surface area contributed by atoms with Crippen LogP contribution in [0, 0.1) is 6.92 Å². The highest BCUT2D eigenvalue weighted by molar-refractivity contribution is 7.85. The van der Waals surface area contributed by atoms with E-state index in [2.05, 4.69) is 20.3 Å². The number of rotatable bonds is 11. The molecule has 0 saturated heterocycles. The minimum atomic E-state index is -4.27. The lowest BCUT2D eigenvalue weighted by molar-refractivity contribution is -0.191. The summed E-state index contributed by atoms with van der Waals surface area (Å²) in [5, 5.41) is 3.50. The maximum Gasteiger partial charge on any atom is 0.373 e. The van der Waals surface area contributed by atoms with E-state index in [1.54, 1.807) is 37.4 Å². The number of aromatic amines is 2. The number of nitrogens with one attached hydrogen (secondary N) is 3. The van der Waals surface area contributed by atoms with Gasteiger partial charge in [0, 0.05) is 24.2 Å². The van der Waals surface area contributed by atoms with Crippen molar-refractivity contribution in [1.29, 1.82) is 0 Å². The number of amides is 1. The van der Waals surface area contributed by atoms with Gasteiger partial charge in [-0.15, -0.1) is 0 Å². The van der Waals surface area contributed by atoms with Gasteiger partial charge in [0.25, 0.3) is 11.5 Å². The molecule has 4 rings (SSSR count). The summed E-state index contributed by atoms with van der Waals surface area (Å²) in [6, 6.07) is 13.1. The Morgan fingerprint density at radius 1 is 1.07 bits per heavy atom. The third kappa shape index (κ3) is 11.8. The molecular formula is C31H36N5O9S-. The van der Waals surface area contributed by atoms with Crippen LogP contribution in [0.4, 0.5) is 5.95 Å². The molecule has 0 unspecified atom stereocenters. The lowest BCUT2D eigenvalue weighted by Gasteiger charge is -2.16. The third-order valence-corrected chi connectivity index (χ3v) is 7.53. The van der Waals surface area contributed by atoms with Crippen LogP contribution >= 0.6 is 0 Å². The molecule has 4 aromatic rings. The fourth-order valence-corrected chi connectivity index (χ4v) is 4.77. The van der Waals surface area contributed by atoms with Gasteiger partial charge in [0.2, 0.25) is 5.95 Å². The summed E-state index contributed by atoms with van der Waals surface area (Å²) in [4.78, 5) is 62.0. The van der Waals surface area contributed by atoms with Crippen molar-refractivity contribution in [3.8, 4) is 0 Å². The van der Waals surface area contributed by atoms with Gasteiger partial charge < -0.3 is 25.3 Å². The number of aryl methyl sites for hydroxylation is 3. The predicted molar refractivity (Wildman–Crippen MR) is 167 cm³/mol. The number of aromatic nitrogens is 3. The molecule has 2 aromatic heterocycles. The van der Waals surface area contributed by atoms with Gasteiger partial charge in [0.05, 0.1) is 16.9 Å². The quantitative estimate of drug-likeness (QED) is 0.136. The van der Waals surface area contributed by atoms with E-state index in [1.165, 1.54) is 12.1 Å². The van der Waals surface area contributed by atoms with Crippen molar-refractivity contribution < 1.29 is 36.9 Å². The molecule has 0 aliphatic carbocycles. The molecule has 5 N–H and O–H groups in total. The summed E-state index contributed by atoms with van der Waals surface area (Å²) >= 11 is 0. The largest absolute Gasteiger partial charge is 0.744 e. The first-order chi connectivity index (χ1) is 21.8. The molecule has 246 valence electrons. The van der Waals surface area contributed by atoms with Gasteiger partial charge in [-0.2, -0.15) is 14.6 Å². The molecule has 2 aromatic carbocycles. The molecule has 0 fully saturated rings. The average molecular weight is 655 g/mol. The summed E-state index contributed by atoms with van der Waals surface area (Å²) in [5.74, 6) is -0.337. The van der Waals surface area contributed by atoms with E-state index >= 15 is 0 Å². The molecule has 1 amide bonds. The van der Waals surface area contributed by atoms with Crippen molar-refractivity contribution >= 4 is 45.1 Å². The summed E-state index contributed by atoms with van der Waals surface area (Å²) in [6.07, 6.45) is 4.93. The molecule has 1 atom stereocenters. The number of H-pyrrole nitrogens is 2. The summed E-state index contributed by atoms with van der Waals surface area (Å²) < 4.78 is 36.1. The lowest BCUT2D eigenvalue weighted by Crippen LogP contribution is -2.34. The van der Waals surface area contributed by atoms with Crippen LogP contribution in [0.15, 0.2) is 64.4 Å². The van der Waals surface area contributed by atoms with Crippen molar-refractivity contribution in [2.45, 2.75) is 63.8 Å². The Hall–Kier alpha value is -5.11. The maximum absolute atomic E-state index is 12.6. The van der Waals surface area contributed by atoms with Crippen LogP contribution in [0.2, 0.25) is 0 Å². The van der Waals surface area contributed by atoms with Gasteiger partial charge in [-0.3, -0.25) is 19.4 Å². The highest BCUT2D eigenvalue weighted by Crippen LogP contribution is 2.16. The van der Waals surface area contributed by atoms with Crippen molar-refractivity contribution in [2.24, 2.45) is 0 Å². The van der Waals surface area contributed by atoms with Crippen LogP contribution in [0.5, 0.6) is 0 Å². The normalized spacial score (nSPS) is 11.2. The number of fused-ring (bicyclic) bond motifs is 1. The van der Waals surface area contributed by atoms with E-state index in [1.807, 2.05) is 26.0 Å². The van der Waals surface area contributed by atoms with E-state index in [0.717, 1.165) is 23.1 Å². The van der Waals surface area contributed by atoms with E-state index in [4.69, 9.17) is 20.1 Å². The number of benzene rings is 2. The number of nitrogens with zero attached hydrogens (tertiary/aromatic N) is 1. The molecule has 2 heterocycles.